The molecule has 21 heavy (non-hydrogen) atoms. The van der Waals surface area contributed by atoms with Crippen molar-refractivity contribution < 1.29 is 19.7 Å². The van der Waals surface area contributed by atoms with E-state index >= 15 is 0 Å². The van der Waals surface area contributed by atoms with Crippen LogP contribution in [0.2, 0.25) is 10.0 Å². The van der Waals surface area contributed by atoms with Gasteiger partial charge in [0.1, 0.15) is 17.8 Å². The average molecular weight is 337 g/mol. The largest absolute Gasteiger partial charge is 0.444 e. The summed E-state index contributed by atoms with van der Waals surface area (Å²) in [7, 11) is 0. The third-order valence-electron chi connectivity index (χ3n) is 2.34. The van der Waals surface area contributed by atoms with Gasteiger partial charge in [0.15, 0.2) is 0 Å². The van der Waals surface area contributed by atoms with Crippen LogP contribution in [0.25, 0.3) is 0 Å². The van der Waals surface area contributed by atoms with Crippen LogP contribution < -0.4 is 5.32 Å². The minimum Gasteiger partial charge on any atom is -0.444 e. The van der Waals surface area contributed by atoms with Crippen LogP contribution in [0, 0.1) is 0 Å². The molecule has 0 spiro atoms. The smallest absolute Gasteiger partial charge is 0.407 e. The number of pyridine rings is 1. The lowest BCUT2D eigenvalue weighted by molar-refractivity contribution is 0.0109. The van der Waals surface area contributed by atoms with Crippen LogP contribution >= 0.6 is 23.2 Å². The fraction of sp³-hybridized carbons (Fsp3) is 0.538. The first-order valence-corrected chi connectivity index (χ1v) is 6.99. The number of hydrogen-bond donors (Lipinski definition) is 3. The van der Waals surface area contributed by atoms with E-state index in [1.54, 1.807) is 20.8 Å². The van der Waals surface area contributed by atoms with E-state index in [0.29, 0.717) is 5.02 Å². The van der Waals surface area contributed by atoms with Gasteiger partial charge in [-0.25, -0.2) is 4.79 Å². The quantitative estimate of drug-likeness (QED) is 0.784. The molecule has 1 amide bonds. The maximum Gasteiger partial charge on any atom is 0.407 e. The number of halogens is 2. The number of ether oxygens (including phenoxy) is 1. The van der Waals surface area contributed by atoms with Gasteiger partial charge in [-0.1, -0.05) is 23.2 Å². The Labute approximate surface area is 133 Å². The number of alkyl carbamates (subject to hydrolysis) is 1. The first-order valence-electron chi connectivity index (χ1n) is 6.24. The van der Waals surface area contributed by atoms with Gasteiger partial charge in [-0.2, -0.15) is 0 Å². The molecule has 3 N–H and O–H groups in total. The third kappa shape index (κ3) is 6.05. The van der Waals surface area contributed by atoms with Gasteiger partial charge in [0.2, 0.25) is 0 Å². The Bertz CT molecular complexity index is 505. The Morgan fingerprint density at radius 1 is 1.43 bits per heavy atom. The van der Waals surface area contributed by atoms with E-state index < -0.39 is 23.9 Å². The molecule has 2 unspecified atom stereocenters. The number of carbonyl (C=O) groups is 1. The zero-order valence-electron chi connectivity index (χ0n) is 11.9. The van der Waals surface area contributed by atoms with Gasteiger partial charge < -0.3 is 20.3 Å². The fourth-order valence-corrected chi connectivity index (χ4v) is 1.93. The monoisotopic (exact) mass is 336 g/mol. The molecule has 0 aliphatic rings. The van der Waals surface area contributed by atoms with E-state index in [9.17, 15) is 15.0 Å². The standard InChI is InChI=1S/C13H18Cl2N2O4/c1-13(2,3)21-12(20)17-6-9(18)11(19)10-8(15)4-7(14)5-16-10/h4-5,9,11,18-19H,6H2,1-3H3,(H,17,20). The molecule has 8 heteroatoms. The van der Waals surface area contributed by atoms with E-state index in [1.165, 1.54) is 12.3 Å². The van der Waals surface area contributed by atoms with Crippen LogP contribution in [-0.4, -0.2) is 39.5 Å². The molecule has 0 aliphatic carbocycles. The summed E-state index contributed by atoms with van der Waals surface area (Å²) in [5.41, 5.74) is -0.561. The molecule has 0 fully saturated rings. The number of nitrogens with one attached hydrogen (secondary N) is 1. The molecule has 0 saturated carbocycles. The molecule has 0 aromatic carbocycles. The second kappa shape index (κ2) is 7.26. The highest BCUT2D eigenvalue weighted by molar-refractivity contribution is 6.34. The van der Waals surface area contributed by atoms with Gasteiger partial charge in [0.25, 0.3) is 0 Å². The maximum atomic E-state index is 11.4. The topological polar surface area (TPSA) is 91.7 Å². The van der Waals surface area contributed by atoms with Crippen molar-refractivity contribution in [3.63, 3.8) is 0 Å². The number of hydrogen-bond acceptors (Lipinski definition) is 5. The summed E-state index contributed by atoms with van der Waals surface area (Å²) in [5, 5.41) is 22.6. The molecule has 0 saturated heterocycles. The van der Waals surface area contributed by atoms with Gasteiger partial charge in [-0.15, -0.1) is 0 Å². The van der Waals surface area contributed by atoms with Crippen LogP contribution in [-0.2, 0) is 4.74 Å². The normalized spacial score (nSPS) is 14.4. The summed E-state index contributed by atoms with van der Waals surface area (Å²) in [6.45, 7) is 4.94. The van der Waals surface area contributed by atoms with Crippen molar-refractivity contribution >= 4 is 29.3 Å². The molecule has 1 heterocycles. The van der Waals surface area contributed by atoms with Crippen molar-refractivity contribution in [3.8, 4) is 0 Å². The molecule has 118 valence electrons. The summed E-state index contributed by atoms with van der Waals surface area (Å²) in [6, 6.07) is 1.41. The number of aromatic nitrogens is 1. The molecule has 1 rings (SSSR count). The molecule has 2 atom stereocenters. The molecule has 1 aromatic heterocycles. The van der Waals surface area contributed by atoms with Gasteiger partial charge in [-0.05, 0) is 26.8 Å². The SMILES string of the molecule is CC(C)(C)OC(=O)NCC(O)C(O)c1ncc(Cl)cc1Cl. The van der Waals surface area contributed by atoms with E-state index in [-0.39, 0.29) is 17.3 Å². The third-order valence-corrected chi connectivity index (χ3v) is 2.84. The first-order chi connectivity index (χ1) is 9.60. The fourth-order valence-electron chi connectivity index (χ4n) is 1.44. The van der Waals surface area contributed by atoms with Crippen LogP contribution in [0.4, 0.5) is 4.79 Å². The van der Waals surface area contributed by atoms with Crippen molar-refractivity contribution in [2.45, 2.75) is 38.6 Å². The Kier molecular flexibility index (Phi) is 6.22. The van der Waals surface area contributed by atoms with Crippen molar-refractivity contribution in [2.75, 3.05) is 6.54 Å². The highest BCUT2D eigenvalue weighted by Gasteiger charge is 2.24. The highest BCUT2D eigenvalue weighted by Crippen LogP contribution is 2.25. The Hall–Kier alpha value is -1.08. The van der Waals surface area contributed by atoms with Crippen molar-refractivity contribution in [1.82, 2.24) is 10.3 Å². The molecular weight excluding hydrogens is 319 g/mol. The number of nitrogens with zero attached hydrogens (tertiary/aromatic N) is 1. The van der Waals surface area contributed by atoms with Crippen molar-refractivity contribution in [3.05, 3.63) is 28.0 Å². The number of amides is 1. The summed E-state index contributed by atoms with van der Waals surface area (Å²) < 4.78 is 5.01. The second-order valence-electron chi connectivity index (χ2n) is 5.42. The Morgan fingerprint density at radius 3 is 2.57 bits per heavy atom. The minimum absolute atomic E-state index is 0.0829. The Morgan fingerprint density at radius 2 is 2.05 bits per heavy atom. The Balaban J connectivity index is 2.59. The second-order valence-corrected chi connectivity index (χ2v) is 6.26. The summed E-state index contributed by atoms with van der Waals surface area (Å²) in [6.07, 6.45) is -2.03. The van der Waals surface area contributed by atoms with Crippen LogP contribution in [0.1, 0.15) is 32.6 Å². The summed E-state index contributed by atoms with van der Waals surface area (Å²) >= 11 is 11.6. The zero-order chi connectivity index (χ0) is 16.2. The average Bonchev–Trinajstić information content (AvgIpc) is 2.33. The molecule has 6 nitrogen and oxygen atoms in total. The van der Waals surface area contributed by atoms with Gasteiger partial charge >= 0.3 is 6.09 Å². The first kappa shape index (κ1) is 18.0. The van der Waals surface area contributed by atoms with E-state index in [4.69, 9.17) is 27.9 Å². The van der Waals surface area contributed by atoms with Crippen molar-refractivity contribution in [1.29, 1.82) is 0 Å². The molecule has 0 radical (unpaired) electrons. The molecule has 1 aromatic rings. The zero-order valence-corrected chi connectivity index (χ0v) is 13.4. The van der Waals surface area contributed by atoms with Gasteiger partial charge in [-0.3, -0.25) is 4.98 Å². The van der Waals surface area contributed by atoms with E-state index in [0.717, 1.165) is 0 Å². The minimum atomic E-state index is -1.36. The highest BCUT2D eigenvalue weighted by atomic mass is 35.5. The number of aliphatic hydroxyl groups is 2. The van der Waals surface area contributed by atoms with E-state index in [2.05, 4.69) is 10.3 Å². The number of rotatable bonds is 4. The lowest BCUT2D eigenvalue weighted by Gasteiger charge is -2.22. The van der Waals surface area contributed by atoms with E-state index in [1.807, 2.05) is 0 Å². The van der Waals surface area contributed by atoms with Crippen molar-refractivity contribution in [2.24, 2.45) is 0 Å². The lowest BCUT2D eigenvalue weighted by Crippen LogP contribution is -2.39. The number of aliphatic hydroxyl groups excluding tert-OH is 2. The predicted octanol–water partition coefficient (Wildman–Crippen LogP) is 2.31. The molecule has 0 aliphatic heterocycles. The lowest BCUT2D eigenvalue weighted by atomic mass is 10.1. The summed E-state index contributed by atoms with van der Waals surface area (Å²) in [5.74, 6) is 0. The van der Waals surface area contributed by atoms with Crippen LogP contribution in [0.15, 0.2) is 12.3 Å². The number of carbonyl (C=O) groups excluding carboxylic acids is 1. The predicted molar refractivity (Wildman–Crippen MR) is 79.5 cm³/mol. The molecular formula is C13H18Cl2N2O4. The summed E-state index contributed by atoms with van der Waals surface area (Å²) in [4.78, 5) is 15.3. The van der Waals surface area contributed by atoms with Crippen LogP contribution in [0.5, 0.6) is 0 Å². The maximum absolute atomic E-state index is 11.4. The van der Waals surface area contributed by atoms with Gasteiger partial charge in [0.05, 0.1) is 15.7 Å². The van der Waals surface area contributed by atoms with Gasteiger partial charge in [0, 0.05) is 12.7 Å². The molecule has 0 bridgehead atoms. The van der Waals surface area contributed by atoms with Crippen LogP contribution in [0.3, 0.4) is 0 Å².